The Bertz CT molecular complexity index is 856. The van der Waals surface area contributed by atoms with E-state index in [9.17, 15) is 4.79 Å². The summed E-state index contributed by atoms with van der Waals surface area (Å²) < 4.78 is 7.33. The molecule has 1 amide bonds. The van der Waals surface area contributed by atoms with Crippen molar-refractivity contribution in [3.05, 3.63) is 66.4 Å². The van der Waals surface area contributed by atoms with Crippen LogP contribution in [0.25, 0.3) is 5.65 Å². The summed E-state index contributed by atoms with van der Waals surface area (Å²) in [6.45, 7) is 1.92. The van der Waals surface area contributed by atoms with Gasteiger partial charge in [0.25, 0.3) is 5.91 Å². The maximum absolute atomic E-state index is 13.2. The van der Waals surface area contributed by atoms with Crippen LogP contribution < -0.4 is 0 Å². The number of carbonyl (C=O) groups excluding carboxylic acids is 1. The zero-order valence-electron chi connectivity index (χ0n) is 13.9. The molecule has 0 spiro atoms. The summed E-state index contributed by atoms with van der Waals surface area (Å²) >= 11 is 0. The number of hydrogen-bond acceptors (Lipinski definition) is 4. The van der Waals surface area contributed by atoms with Crippen molar-refractivity contribution in [2.24, 2.45) is 0 Å². The molecular formula is C19H20N4O2. The van der Waals surface area contributed by atoms with Crippen LogP contribution in [0.5, 0.6) is 0 Å². The lowest BCUT2D eigenvalue weighted by atomic mass is 10.1. The van der Waals surface area contributed by atoms with Crippen molar-refractivity contribution >= 4 is 11.6 Å². The summed E-state index contributed by atoms with van der Waals surface area (Å²) in [5.41, 5.74) is 2.20. The van der Waals surface area contributed by atoms with Gasteiger partial charge in [0, 0.05) is 37.9 Å². The molecule has 6 heteroatoms. The molecule has 1 aromatic carbocycles. The number of carbonyl (C=O) groups is 1. The minimum absolute atomic E-state index is 0.0803. The second kappa shape index (κ2) is 7.03. The first-order chi connectivity index (χ1) is 12.3. The van der Waals surface area contributed by atoms with Gasteiger partial charge in [-0.1, -0.05) is 30.3 Å². The van der Waals surface area contributed by atoms with Crippen LogP contribution in [0.1, 0.15) is 22.5 Å². The number of nitrogens with zero attached hydrogens (tertiary/aromatic N) is 4. The summed E-state index contributed by atoms with van der Waals surface area (Å²) in [6, 6.07) is 10.3. The first-order valence-electron chi connectivity index (χ1n) is 8.53. The molecule has 1 saturated heterocycles. The smallest absolute Gasteiger partial charge is 0.276 e. The third kappa shape index (κ3) is 3.25. The van der Waals surface area contributed by atoms with Crippen LogP contribution in [-0.2, 0) is 11.2 Å². The fraction of sp³-hybridized carbons (Fsp3) is 0.316. The summed E-state index contributed by atoms with van der Waals surface area (Å²) in [4.78, 5) is 23.7. The Morgan fingerprint density at radius 3 is 2.76 bits per heavy atom. The third-order valence-electron chi connectivity index (χ3n) is 4.61. The van der Waals surface area contributed by atoms with Gasteiger partial charge < -0.3 is 14.0 Å². The van der Waals surface area contributed by atoms with Crippen molar-refractivity contribution < 1.29 is 9.53 Å². The van der Waals surface area contributed by atoms with E-state index in [4.69, 9.17) is 4.74 Å². The van der Waals surface area contributed by atoms with Gasteiger partial charge in [-0.3, -0.25) is 4.79 Å². The summed E-state index contributed by atoms with van der Waals surface area (Å²) in [6.07, 6.45) is 8.61. The SMILES string of the molecule is O=C(c1nccn2ccnc12)N(CCc1ccccc1)[C@@H]1CCOC1. The Labute approximate surface area is 146 Å². The van der Waals surface area contributed by atoms with Gasteiger partial charge in [-0.25, -0.2) is 9.97 Å². The van der Waals surface area contributed by atoms with Crippen LogP contribution in [0.15, 0.2) is 55.1 Å². The molecule has 3 heterocycles. The Morgan fingerprint density at radius 1 is 1.20 bits per heavy atom. The van der Waals surface area contributed by atoms with Crippen molar-refractivity contribution in [1.29, 1.82) is 0 Å². The highest BCUT2D eigenvalue weighted by atomic mass is 16.5. The highest BCUT2D eigenvalue weighted by Crippen LogP contribution is 2.18. The normalized spacial score (nSPS) is 17.0. The molecular weight excluding hydrogens is 316 g/mol. The maximum Gasteiger partial charge on any atom is 0.276 e. The third-order valence-corrected chi connectivity index (χ3v) is 4.61. The van der Waals surface area contributed by atoms with Gasteiger partial charge in [0.2, 0.25) is 0 Å². The van der Waals surface area contributed by atoms with Crippen molar-refractivity contribution in [2.45, 2.75) is 18.9 Å². The molecule has 128 valence electrons. The number of imidazole rings is 1. The van der Waals surface area contributed by atoms with Crippen molar-refractivity contribution in [3.8, 4) is 0 Å². The van der Waals surface area contributed by atoms with Gasteiger partial charge >= 0.3 is 0 Å². The molecule has 1 fully saturated rings. The highest BCUT2D eigenvalue weighted by molar-refractivity contribution is 5.98. The van der Waals surface area contributed by atoms with Gasteiger partial charge in [0.05, 0.1) is 12.6 Å². The monoisotopic (exact) mass is 336 g/mol. The molecule has 0 saturated carbocycles. The Kier molecular flexibility index (Phi) is 4.43. The number of benzene rings is 1. The molecule has 0 bridgehead atoms. The average molecular weight is 336 g/mol. The van der Waals surface area contributed by atoms with E-state index in [2.05, 4.69) is 22.1 Å². The predicted octanol–water partition coefficient (Wildman–Crippen LogP) is 2.20. The largest absolute Gasteiger partial charge is 0.379 e. The fourth-order valence-corrected chi connectivity index (χ4v) is 3.25. The predicted molar refractivity (Wildman–Crippen MR) is 93.4 cm³/mol. The van der Waals surface area contributed by atoms with Crippen LogP contribution in [0, 0.1) is 0 Å². The lowest BCUT2D eigenvalue weighted by Crippen LogP contribution is -2.42. The lowest BCUT2D eigenvalue weighted by molar-refractivity contribution is 0.0652. The van der Waals surface area contributed by atoms with E-state index in [1.807, 2.05) is 33.7 Å². The molecule has 1 aliphatic rings. The molecule has 6 nitrogen and oxygen atoms in total. The van der Waals surface area contributed by atoms with Gasteiger partial charge in [0.15, 0.2) is 11.3 Å². The lowest BCUT2D eigenvalue weighted by Gasteiger charge is -2.28. The average Bonchev–Trinajstić information content (AvgIpc) is 3.34. The fourth-order valence-electron chi connectivity index (χ4n) is 3.25. The molecule has 0 unspecified atom stereocenters. The number of fused-ring (bicyclic) bond motifs is 1. The molecule has 25 heavy (non-hydrogen) atoms. The van der Waals surface area contributed by atoms with Gasteiger partial charge in [-0.2, -0.15) is 0 Å². The molecule has 0 N–H and O–H groups in total. The van der Waals surface area contributed by atoms with E-state index in [0.717, 1.165) is 12.8 Å². The molecule has 3 aromatic rings. The van der Waals surface area contributed by atoms with E-state index < -0.39 is 0 Å². The number of hydrogen-bond donors (Lipinski definition) is 0. The zero-order chi connectivity index (χ0) is 17.1. The van der Waals surface area contributed by atoms with E-state index in [1.54, 1.807) is 18.6 Å². The Hall–Kier alpha value is -2.73. The molecule has 0 radical (unpaired) electrons. The van der Waals surface area contributed by atoms with E-state index in [-0.39, 0.29) is 11.9 Å². The van der Waals surface area contributed by atoms with Gasteiger partial charge in [-0.15, -0.1) is 0 Å². The minimum Gasteiger partial charge on any atom is -0.379 e. The van der Waals surface area contributed by atoms with Crippen LogP contribution in [-0.4, -0.2) is 51.0 Å². The van der Waals surface area contributed by atoms with Crippen LogP contribution in [0.4, 0.5) is 0 Å². The first-order valence-corrected chi connectivity index (χ1v) is 8.53. The number of ether oxygens (including phenoxy) is 1. The van der Waals surface area contributed by atoms with Crippen LogP contribution in [0.3, 0.4) is 0 Å². The topological polar surface area (TPSA) is 59.7 Å². The number of amides is 1. The summed E-state index contributed by atoms with van der Waals surface area (Å²) in [5, 5.41) is 0. The first kappa shape index (κ1) is 15.8. The van der Waals surface area contributed by atoms with Crippen LogP contribution >= 0.6 is 0 Å². The molecule has 1 atom stereocenters. The molecule has 0 aliphatic carbocycles. The van der Waals surface area contributed by atoms with Gasteiger partial charge in [-0.05, 0) is 18.4 Å². The van der Waals surface area contributed by atoms with Crippen molar-refractivity contribution in [2.75, 3.05) is 19.8 Å². The van der Waals surface area contributed by atoms with E-state index in [1.165, 1.54) is 5.56 Å². The second-order valence-corrected chi connectivity index (χ2v) is 6.19. The van der Waals surface area contributed by atoms with Crippen LogP contribution in [0.2, 0.25) is 0 Å². The van der Waals surface area contributed by atoms with E-state index in [0.29, 0.717) is 31.1 Å². The van der Waals surface area contributed by atoms with Crippen molar-refractivity contribution in [1.82, 2.24) is 19.3 Å². The summed E-state index contributed by atoms with van der Waals surface area (Å²) in [5.74, 6) is -0.0803. The quantitative estimate of drug-likeness (QED) is 0.717. The molecule has 2 aromatic heterocycles. The number of aromatic nitrogens is 3. The molecule has 4 rings (SSSR count). The maximum atomic E-state index is 13.2. The minimum atomic E-state index is -0.0803. The summed E-state index contributed by atoms with van der Waals surface area (Å²) in [7, 11) is 0. The van der Waals surface area contributed by atoms with Crippen molar-refractivity contribution in [3.63, 3.8) is 0 Å². The van der Waals surface area contributed by atoms with E-state index >= 15 is 0 Å². The highest BCUT2D eigenvalue weighted by Gasteiger charge is 2.30. The Balaban J connectivity index is 1.60. The second-order valence-electron chi connectivity index (χ2n) is 6.19. The standard InChI is InChI=1S/C19H20N4O2/c24-19(17-18-21-9-12-22(18)11-8-20-17)23(16-7-13-25-14-16)10-6-15-4-2-1-3-5-15/h1-5,8-9,11-12,16H,6-7,10,13-14H2/t16-/m1/s1. The Morgan fingerprint density at radius 2 is 2.00 bits per heavy atom. The van der Waals surface area contributed by atoms with Gasteiger partial charge in [0.1, 0.15) is 0 Å². The number of rotatable bonds is 5. The zero-order valence-corrected chi connectivity index (χ0v) is 13.9. The molecule has 1 aliphatic heterocycles.